The number of carbonyl (C=O) groups excluding carboxylic acids is 1. The molecule has 0 unspecified atom stereocenters. The molecule has 0 aromatic carbocycles. The molecule has 0 N–H and O–H groups in total. The van der Waals surface area contributed by atoms with Crippen LogP contribution < -0.4 is 0 Å². The Labute approximate surface area is 133 Å². The van der Waals surface area contributed by atoms with Crippen LogP contribution in [0.3, 0.4) is 0 Å². The van der Waals surface area contributed by atoms with E-state index in [0.717, 1.165) is 27.5 Å². The molecule has 2 rings (SSSR count). The van der Waals surface area contributed by atoms with Gasteiger partial charge in [-0.25, -0.2) is 9.97 Å². The van der Waals surface area contributed by atoms with Crippen molar-refractivity contribution >= 4 is 39.3 Å². The maximum absolute atomic E-state index is 12.1. The van der Waals surface area contributed by atoms with Gasteiger partial charge in [0.25, 0.3) is 0 Å². The Morgan fingerprint density at radius 1 is 1.38 bits per heavy atom. The van der Waals surface area contributed by atoms with Gasteiger partial charge < -0.3 is 4.74 Å². The first-order chi connectivity index (χ1) is 9.87. The highest BCUT2D eigenvalue weighted by molar-refractivity contribution is 8.01. The van der Waals surface area contributed by atoms with Gasteiger partial charge >= 0.3 is 5.97 Å². The van der Waals surface area contributed by atoms with E-state index < -0.39 is 4.75 Å². The first-order valence-corrected chi connectivity index (χ1v) is 8.64. The molecule has 0 bridgehead atoms. The summed E-state index contributed by atoms with van der Waals surface area (Å²) in [5.41, 5.74) is 0. The minimum Gasteiger partial charge on any atom is -0.465 e. The van der Waals surface area contributed by atoms with E-state index in [4.69, 9.17) is 4.74 Å². The summed E-state index contributed by atoms with van der Waals surface area (Å²) < 4.78 is 4.48. The average molecular weight is 324 g/mol. The van der Waals surface area contributed by atoms with E-state index in [9.17, 15) is 4.79 Å². The fourth-order valence-electron chi connectivity index (χ4n) is 1.89. The van der Waals surface area contributed by atoms with Crippen molar-refractivity contribution in [2.45, 2.75) is 50.8 Å². The second-order valence-electron chi connectivity index (χ2n) is 5.19. The fraction of sp³-hybridized carbons (Fsp3) is 0.533. The van der Waals surface area contributed by atoms with Crippen LogP contribution >= 0.6 is 23.1 Å². The van der Waals surface area contributed by atoms with Crippen molar-refractivity contribution in [1.82, 2.24) is 9.97 Å². The van der Waals surface area contributed by atoms with Gasteiger partial charge in [0.2, 0.25) is 0 Å². The zero-order valence-electron chi connectivity index (χ0n) is 13.0. The summed E-state index contributed by atoms with van der Waals surface area (Å²) in [6, 6.07) is 2.13. The number of carbonyl (C=O) groups is 1. The molecule has 0 aliphatic carbocycles. The van der Waals surface area contributed by atoms with Gasteiger partial charge in [0.15, 0.2) is 0 Å². The molecule has 0 amide bonds. The Bertz CT molecular complexity index is 665. The molecule has 0 aliphatic rings. The summed E-state index contributed by atoms with van der Waals surface area (Å²) in [7, 11) is 0. The first kappa shape index (κ1) is 16.2. The third-order valence-corrected chi connectivity index (χ3v) is 5.34. The van der Waals surface area contributed by atoms with Crippen molar-refractivity contribution in [1.29, 1.82) is 0 Å². The lowest BCUT2D eigenvalue weighted by molar-refractivity contribution is -0.145. The zero-order valence-corrected chi connectivity index (χ0v) is 14.7. The van der Waals surface area contributed by atoms with Crippen molar-refractivity contribution in [3.8, 4) is 0 Å². The second kappa shape index (κ2) is 6.32. The van der Waals surface area contributed by atoms with Crippen LogP contribution in [0.4, 0.5) is 0 Å². The molecule has 6 heteroatoms. The van der Waals surface area contributed by atoms with E-state index >= 15 is 0 Å². The highest BCUT2D eigenvalue weighted by atomic mass is 32.2. The molecule has 21 heavy (non-hydrogen) atoms. The first-order valence-electron chi connectivity index (χ1n) is 7.00. The summed E-state index contributed by atoms with van der Waals surface area (Å²) in [5.74, 6) is 0.513. The van der Waals surface area contributed by atoms with Crippen LogP contribution in [0, 0.1) is 6.92 Å². The Hall–Kier alpha value is -1.14. The van der Waals surface area contributed by atoms with Crippen LogP contribution in [0.25, 0.3) is 10.2 Å². The maximum Gasteiger partial charge on any atom is 0.322 e. The lowest BCUT2D eigenvalue weighted by Crippen LogP contribution is -2.30. The summed E-state index contributed by atoms with van der Waals surface area (Å²) in [5, 5.41) is 1.89. The molecule has 2 aromatic rings. The van der Waals surface area contributed by atoms with Gasteiger partial charge in [-0.15, -0.1) is 11.3 Å². The molecule has 2 aromatic heterocycles. The number of hydrogen-bond donors (Lipinski definition) is 0. The molecule has 2 heterocycles. The molecule has 0 saturated carbocycles. The van der Waals surface area contributed by atoms with E-state index in [1.165, 1.54) is 16.6 Å². The summed E-state index contributed by atoms with van der Waals surface area (Å²) >= 11 is 3.13. The Kier molecular flexibility index (Phi) is 4.88. The van der Waals surface area contributed by atoms with Crippen molar-refractivity contribution < 1.29 is 9.53 Å². The lowest BCUT2D eigenvalue weighted by Gasteiger charge is -2.21. The molecular formula is C15H20N2O2S2. The van der Waals surface area contributed by atoms with Crippen molar-refractivity contribution in [3.05, 3.63) is 16.8 Å². The van der Waals surface area contributed by atoms with Gasteiger partial charge in [-0.1, -0.05) is 18.7 Å². The van der Waals surface area contributed by atoms with Gasteiger partial charge in [0.1, 0.15) is 20.4 Å². The quantitative estimate of drug-likeness (QED) is 0.473. The van der Waals surface area contributed by atoms with Gasteiger partial charge in [0, 0.05) is 10.3 Å². The van der Waals surface area contributed by atoms with Crippen LogP contribution in [0.15, 0.2) is 11.1 Å². The number of thioether (sulfide) groups is 1. The highest BCUT2D eigenvalue weighted by Crippen LogP contribution is 2.38. The zero-order chi connectivity index (χ0) is 15.6. The van der Waals surface area contributed by atoms with Crippen molar-refractivity contribution in [3.63, 3.8) is 0 Å². The highest BCUT2D eigenvalue weighted by Gasteiger charge is 2.32. The molecule has 0 radical (unpaired) electrons. The maximum atomic E-state index is 12.1. The number of fused-ring (bicyclic) bond motifs is 1. The van der Waals surface area contributed by atoms with Crippen LogP contribution in [0.5, 0.6) is 0 Å². The molecule has 0 fully saturated rings. The predicted molar refractivity (Wildman–Crippen MR) is 88.1 cm³/mol. The van der Waals surface area contributed by atoms with Crippen LogP contribution in [0.1, 0.15) is 38.4 Å². The fourth-order valence-corrected chi connectivity index (χ4v) is 4.03. The smallest absolute Gasteiger partial charge is 0.322 e. The van der Waals surface area contributed by atoms with Gasteiger partial charge in [-0.3, -0.25) is 4.79 Å². The summed E-state index contributed by atoms with van der Waals surface area (Å²) in [6.07, 6.45) is 0.978. The average Bonchev–Trinajstić information content (AvgIpc) is 2.81. The number of ether oxygens (including phenoxy) is 1. The molecule has 0 atom stereocenters. The van der Waals surface area contributed by atoms with E-state index in [2.05, 4.69) is 23.0 Å². The van der Waals surface area contributed by atoms with E-state index in [1.54, 1.807) is 11.3 Å². The van der Waals surface area contributed by atoms with Crippen molar-refractivity contribution in [2.24, 2.45) is 0 Å². The van der Waals surface area contributed by atoms with Gasteiger partial charge in [-0.05, 0) is 40.2 Å². The molecule has 0 spiro atoms. The number of aryl methyl sites for hydroxylation is 2. The summed E-state index contributed by atoms with van der Waals surface area (Å²) in [4.78, 5) is 23.4. The topological polar surface area (TPSA) is 52.1 Å². The normalized spacial score (nSPS) is 11.9. The number of aromatic nitrogens is 2. The van der Waals surface area contributed by atoms with Crippen LogP contribution in [-0.2, 0) is 16.0 Å². The lowest BCUT2D eigenvalue weighted by atomic mass is 10.2. The molecule has 114 valence electrons. The van der Waals surface area contributed by atoms with E-state index in [0.29, 0.717) is 6.61 Å². The Balaban J connectivity index is 2.41. The minimum absolute atomic E-state index is 0.217. The second-order valence-corrected chi connectivity index (χ2v) is 7.92. The standard InChI is InChI=1S/C15H20N2O2S2/c1-6-10-8-11-12(20-10)16-9(3)17-13(11)21-15(4,5)14(18)19-7-2/h8H,6-7H2,1-5H3. The molecular weight excluding hydrogens is 304 g/mol. The number of esters is 1. The molecule has 0 saturated heterocycles. The summed E-state index contributed by atoms with van der Waals surface area (Å²) in [6.45, 7) is 9.95. The predicted octanol–water partition coefficient (Wildman–Crippen LogP) is 4.00. The third kappa shape index (κ3) is 3.55. The van der Waals surface area contributed by atoms with E-state index in [-0.39, 0.29) is 5.97 Å². The third-order valence-electron chi connectivity index (χ3n) is 2.99. The van der Waals surface area contributed by atoms with Crippen molar-refractivity contribution in [2.75, 3.05) is 6.61 Å². The monoisotopic (exact) mass is 324 g/mol. The molecule has 4 nitrogen and oxygen atoms in total. The minimum atomic E-state index is -0.669. The Morgan fingerprint density at radius 2 is 2.10 bits per heavy atom. The largest absolute Gasteiger partial charge is 0.465 e. The number of hydrogen-bond acceptors (Lipinski definition) is 6. The van der Waals surface area contributed by atoms with Crippen LogP contribution in [-0.4, -0.2) is 27.3 Å². The van der Waals surface area contributed by atoms with Gasteiger partial charge in [-0.2, -0.15) is 0 Å². The Morgan fingerprint density at radius 3 is 2.71 bits per heavy atom. The molecule has 0 aliphatic heterocycles. The number of nitrogens with zero attached hydrogens (tertiary/aromatic N) is 2. The van der Waals surface area contributed by atoms with E-state index in [1.807, 2.05) is 27.7 Å². The SMILES string of the molecule is CCOC(=O)C(C)(C)Sc1nc(C)nc2sc(CC)cc12. The number of thiophene rings is 1. The number of rotatable bonds is 5. The van der Waals surface area contributed by atoms with Gasteiger partial charge in [0.05, 0.1) is 6.61 Å². The van der Waals surface area contributed by atoms with Crippen LogP contribution in [0.2, 0.25) is 0 Å².